The van der Waals surface area contributed by atoms with Crippen molar-refractivity contribution in [2.75, 3.05) is 11.9 Å². The van der Waals surface area contributed by atoms with E-state index in [-0.39, 0.29) is 49.2 Å². The summed E-state index contributed by atoms with van der Waals surface area (Å²) < 4.78 is 21.2. The lowest BCUT2D eigenvalue weighted by Gasteiger charge is -2.26. The van der Waals surface area contributed by atoms with Crippen LogP contribution < -0.4 is 21.5 Å². The fraction of sp³-hybridized carbons (Fsp3) is 0.250. The smallest absolute Gasteiger partial charge is 0.346 e. The van der Waals surface area contributed by atoms with Crippen molar-refractivity contribution in [1.82, 2.24) is 14.3 Å². The lowest BCUT2D eigenvalue weighted by Crippen LogP contribution is -2.30. The Balaban J connectivity index is 0.00000272. The van der Waals surface area contributed by atoms with Crippen LogP contribution in [0.4, 0.5) is 10.1 Å². The van der Waals surface area contributed by atoms with Crippen LogP contribution in [-0.2, 0) is 17.9 Å². The molecule has 31 heavy (non-hydrogen) atoms. The number of rotatable bonds is 6. The molecule has 2 aromatic heterocycles. The summed E-state index contributed by atoms with van der Waals surface area (Å²) in [6, 6.07) is 9.27. The van der Waals surface area contributed by atoms with Crippen LogP contribution in [0.15, 0.2) is 53.4 Å². The second-order valence-electron chi connectivity index (χ2n) is 6.91. The fourth-order valence-corrected chi connectivity index (χ4v) is 4.21. The number of hydrogen-bond acceptors (Lipinski definition) is 6. The molecule has 11 heteroatoms. The molecule has 3 heterocycles. The van der Waals surface area contributed by atoms with Gasteiger partial charge in [0.05, 0.1) is 30.0 Å². The third kappa shape index (κ3) is 4.55. The Morgan fingerprint density at radius 3 is 2.90 bits per heavy atom. The van der Waals surface area contributed by atoms with Gasteiger partial charge in [-0.2, -0.15) is 5.10 Å². The van der Waals surface area contributed by atoms with Crippen LogP contribution >= 0.6 is 23.7 Å². The number of aryl methyl sites for hydroxylation is 1. The molecule has 8 nitrogen and oxygen atoms in total. The third-order valence-electron chi connectivity index (χ3n) is 4.80. The number of carbonyl (C=O) groups excluding carboxylic acids is 1. The molecule has 0 bridgehead atoms. The summed E-state index contributed by atoms with van der Waals surface area (Å²) in [5.41, 5.74) is 6.96. The van der Waals surface area contributed by atoms with Gasteiger partial charge in [-0.3, -0.25) is 9.36 Å². The first kappa shape index (κ1) is 22.7. The molecule has 164 valence electrons. The molecular weight excluding hydrogens is 445 g/mol. The van der Waals surface area contributed by atoms with E-state index in [2.05, 4.69) is 10.4 Å². The standard InChI is InChI=1S/C20H20FN5O3S.ClH/c1-12-3-2-4-15-17(12)24-19(27)18(29-15)16-6-5-14(30-16)10-25-11-23-26(20(25)28)9-13(7-21)8-22;/h2-7,11,18H,8-10,22H2,1H3,(H,24,27);1H/b13-7+;. The number of nitrogens with two attached hydrogens (primary N) is 1. The van der Waals surface area contributed by atoms with E-state index >= 15 is 0 Å². The van der Waals surface area contributed by atoms with Crippen LogP contribution in [0.3, 0.4) is 0 Å². The van der Waals surface area contributed by atoms with Gasteiger partial charge >= 0.3 is 5.69 Å². The van der Waals surface area contributed by atoms with E-state index in [0.717, 1.165) is 20.0 Å². The number of nitrogens with one attached hydrogen (secondary N) is 1. The van der Waals surface area contributed by atoms with Gasteiger partial charge in [-0.05, 0) is 36.3 Å². The second-order valence-corrected chi connectivity index (χ2v) is 8.11. The summed E-state index contributed by atoms with van der Waals surface area (Å²) in [6.45, 7) is 2.20. The number of halogens is 2. The van der Waals surface area contributed by atoms with Gasteiger partial charge < -0.3 is 15.8 Å². The molecule has 4 rings (SSSR count). The van der Waals surface area contributed by atoms with E-state index in [1.807, 2.05) is 37.3 Å². The number of amides is 1. The molecule has 0 radical (unpaired) electrons. The van der Waals surface area contributed by atoms with Gasteiger partial charge in [0.1, 0.15) is 12.1 Å². The van der Waals surface area contributed by atoms with E-state index in [4.69, 9.17) is 10.5 Å². The second kappa shape index (κ2) is 9.46. The topological polar surface area (TPSA) is 104 Å². The minimum absolute atomic E-state index is 0. The lowest BCUT2D eigenvalue weighted by molar-refractivity contribution is -0.123. The van der Waals surface area contributed by atoms with Gasteiger partial charge in [0.25, 0.3) is 5.91 Å². The zero-order chi connectivity index (χ0) is 21.3. The van der Waals surface area contributed by atoms with Crippen molar-refractivity contribution in [3.8, 4) is 5.75 Å². The van der Waals surface area contributed by atoms with Gasteiger partial charge in [0.15, 0.2) is 0 Å². The number of fused-ring (bicyclic) bond motifs is 1. The van der Waals surface area contributed by atoms with E-state index in [1.165, 1.54) is 22.2 Å². The van der Waals surface area contributed by atoms with Crippen molar-refractivity contribution in [2.24, 2.45) is 5.73 Å². The van der Waals surface area contributed by atoms with E-state index in [1.54, 1.807) is 0 Å². The first-order chi connectivity index (χ1) is 14.5. The number of ether oxygens (including phenoxy) is 1. The molecule has 0 saturated carbocycles. The summed E-state index contributed by atoms with van der Waals surface area (Å²) in [4.78, 5) is 26.6. The Morgan fingerprint density at radius 1 is 1.35 bits per heavy atom. The molecule has 1 amide bonds. The molecule has 0 fully saturated rings. The predicted octanol–water partition coefficient (Wildman–Crippen LogP) is 2.77. The van der Waals surface area contributed by atoms with Crippen molar-refractivity contribution in [3.05, 3.63) is 74.4 Å². The highest BCUT2D eigenvalue weighted by Gasteiger charge is 2.31. The van der Waals surface area contributed by atoms with Gasteiger partial charge in [0, 0.05) is 11.4 Å². The molecule has 1 atom stereocenters. The molecule has 1 unspecified atom stereocenters. The number of hydrogen-bond donors (Lipinski definition) is 2. The van der Waals surface area contributed by atoms with Crippen molar-refractivity contribution >= 4 is 35.3 Å². The molecule has 3 N–H and O–H groups in total. The Bertz CT molecular complexity index is 1190. The maximum atomic E-state index is 12.7. The summed E-state index contributed by atoms with van der Waals surface area (Å²) in [5.74, 6) is 0.395. The zero-order valence-electron chi connectivity index (χ0n) is 16.6. The zero-order valence-corrected chi connectivity index (χ0v) is 18.2. The largest absolute Gasteiger partial charge is 0.473 e. The van der Waals surface area contributed by atoms with Crippen molar-refractivity contribution in [3.63, 3.8) is 0 Å². The number of thiophene rings is 1. The summed E-state index contributed by atoms with van der Waals surface area (Å²) in [6.07, 6.45) is 1.04. The summed E-state index contributed by atoms with van der Waals surface area (Å²) in [7, 11) is 0. The SMILES string of the molecule is Cc1cccc2c1NC(=O)C(c1ccc(Cn3cnn(C/C(=C/F)CN)c3=O)s1)O2.Cl. The third-order valence-corrected chi connectivity index (χ3v) is 5.91. The van der Waals surface area contributed by atoms with Gasteiger partial charge in [0.2, 0.25) is 6.10 Å². The maximum absolute atomic E-state index is 12.7. The fourth-order valence-electron chi connectivity index (χ4n) is 3.17. The highest BCUT2D eigenvalue weighted by atomic mass is 35.5. The molecule has 0 spiro atoms. The van der Waals surface area contributed by atoms with Crippen molar-refractivity contribution in [2.45, 2.75) is 26.1 Å². The predicted molar refractivity (Wildman–Crippen MR) is 119 cm³/mol. The number of aromatic nitrogens is 3. The van der Waals surface area contributed by atoms with Crippen LogP contribution in [-0.4, -0.2) is 26.8 Å². The van der Waals surface area contributed by atoms with Crippen molar-refractivity contribution in [1.29, 1.82) is 0 Å². The minimum atomic E-state index is -0.751. The number of carbonyl (C=O) groups is 1. The molecule has 0 aliphatic carbocycles. The van der Waals surface area contributed by atoms with Gasteiger partial charge in [-0.15, -0.1) is 23.7 Å². The number of nitrogens with zero attached hydrogens (tertiary/aromatic N) is 3. The van der Waals surface area contributed by atoms with E-state index in [0.29, 0.717) is 17.8 Å². The average molecular weight is 466 g/mol. The van der Waals surface area contributed by atoms with Gasteiger partial charge in [-0.25, -0.2) is 13.9 Å². The Kier molecular flexibility index (Phi) is 6.94. The van der Waals surface area contributed by atoms with Crippen molar-refractivity contribution < 1.29 is 13.9 Å². The monoisotopic (exact) mass is 465 g/mol. The lowest BCUT2D eigenvalue weighted by atomic mass is 10.1. The molecular formula is C20H21ClFN5O3S. The summed E-state index contributed by atoms with van der Waals surface area (Å²) >= 11 is 1.38. The summed E-state index contributed by atoms with van der Waals surface area (Å²) in [5, 5.41) is 6.91. The molecule has 1 aliphatic rings. The molecule has 0 saturated heterocycles. The Hall–Kier alpha value is -2.95. The first-order valence-electron chi connectivity index (χ1n) is 9.26. The highest BCUT2D eigenvalue weighted by Crippen LogP contribution is 2.38. The Morgan fingerprint density at radius 2 is 2.16 bits per heavy atom. The Labute approximate surface area is 187 Å². The van der Waals surface area contributed by atoms with Crippen LogP contribution in [0.1, 0.15) is 21.4 Å². The van der Waals surface area contributed by atoms with Crippen LogP contribution in [0.2, 0.25) is 0 Å². The van der Waals surface area contributed by atoms with Crippen LogP contribution in [0.25, 0.3) is 0 Å². The average Bonchev–Trinajstić information content (AvgIpc) is 3.34. The number of para-hydroxylation sites is 1. The minimum Gasteiger partial charge on any atom is -0.473 e. The molecule has 3 aromatic rings. The molecule has 1 aliphatic heterocycles. The number of benzene rings is 1. The van der Waals surface area contributed by atoms with E-state index < -0.39 is 6.10 Å². The normalized spacial score (nSPS) is 15.6. The molecule has 1 aromatic carbocycles. The van der Waals surface area contributed by atoms with Crippen LogP contribution in [0.5, 0.6) is 5.75 Å². The van der Waals surface area contributed by atoms with Gasteiger partial charge in [-0.1, -0.05) is 12.1 Å². The quantitative estimate of drug-likeness (QED) is 0.582. The highest BCUT2D eigenvalue weighted by molar-refractivity contribution is 7.12. The first-order valence-corrected chi connectivity index (χ1v) is 10.1. The maximum Gasteiger partial charge on any atom is 0.346 e. The van der Waals surface area contributed by atoms with Crippen LogP contribution in [0, 0.1) is 6.92 Å². The number of anilines is 1. The van der Waals surface area contributed by atoms with E-state index in [9.17, 15) is 14.0 Å².